The highest BCUT2D eigenvalue weighted by Crippen LogP contribution is 2.50. The zero-order valence-corrected chi connectivity index (χ0v) is 21.0. The van der Waals surface area contributed by atoms with Gasteiger partial charge in [-0.05, 0) is 68.7 Å². The molecule has 0 spiro atoms. The largest absolute Gasteiger partial charge is 0.462 e. The van der Waals surface area contributed by atoms with E-state index in [4.69, 9.17) is 10.5 Å². The number of Topliss-reactive ketones (excluding diaryl/α,β-unsaturated/α-hetero) is 1. The van der Waals surface area contributed by atoms with Crippen molar-refractivity contribution >= 4 is 28.1 Å². The summed E-state index contributed by atoms with van der Waals surface area (Å²) in [6.45, 7) is 2.02. The first-order chi connectivity index (χ1) is 17.5. The molecule has 1 aromatic carbocycles. The number of halogens is 1. The monoisotopic (exact) mass is 505 g/mol. The maximum absolute atomic E-state index is 13.7. The predicted octanol–water partition coefficient (Wildman–Crippen LogP) is 5.64. The van der Waals surface area contributed by atoms with Gasteiger partial charge in [0.25, 0.3) is 0 Å². The summed E-state index contributed by atoms with van der Waals surface area (Å²) >= 11 is 1.51. The second kappa shape index (κ2) is 9.90. The standard InChI is InChI=1S/C28H28FN3O3S/c1-2-35-28(34)24-18-7-4-3-5-10-22(18)36-27(24)32-20-8-6-9-21(33)25(20)23(19(15-30)26(32)31)16-11-13-17(29)14-12-16/h11-14,23H,2-10,31H2,1H3/t23-/m1/s1. The Kier molecular flexibility index (Phi) is 6.67. The summed E-state index contributed by atoms with van der Waals surface area (Å²) < 4.78 is 19.2. The lowest BCUT2D eigenvalue weighted by atomic mass is 9.75. The van der Waals surface area contributed by atoms with Crippen LogP contribution < -0.4 is 10.6 Å². The zero-order chi connectivity index (χ0) is 25.4. The summed E-state index contributed by atoms with van der Waals surface area (Å²) in [5.41, 5.74) is 10.3. The molecule has 8 heteroatoms. The third-order valence-corrected chi connectivity index (χ3v) is 8.48. The van der Waals surface area contributed by atoms with Crippen LogP contribution in [0.3, 0.4) is 0 Å². The molecule has 0 bridgehead atoms. The van der Waals surface area contributed by atoms with Crippen LogP contribution in [0.5, 0.6) is 0 Å². The number of hydrogen-bond acceptors (Lipinski definition) is 7. The number of hydrogen-bond donors (Lipinski definition) is 1. The summed E-state index contributed by atoms with van der Waals surface area (Å²) in [6.07, 6.45) is 6.40. The average molecular weight is 506 g/mol. The normalized spacial score (nSPS) is 20.0. The number of ketones is 1. The van der Waals surface area contributed by atoms with Crippen molar-refractivity contribution in [3.05, 3.63) is 74.3 Å². The van der Waals surface area contributed by atoms with E-state index in [1.54, 1.807) is 24.0 Å². The predicted molar refractivity (Wildman–Crippen MR) is 136 cm³/mol. The van der Waals surface area contributed by atoms with Crippen molar-refractivity contribution < 1.29 is 18.7 Å². The van der Waals surface area contributed by atoms with Crippen LogP contribution in [-0.4, -0.2) is 18.4 Å². The number of nitrogens with zero attached hydrogens (tertiary/aromatic N) is 2. The van der Waals surface area contributed by atoms with Gasteiger partial charge < -0.3 is 10.5 Å². The van der Waals surface area contributed by atoms with Crippen molar-refractivity contribution in [3.63, 3.8) is 0 Å². The van der Waals surface area contributed by atoms with Crippen molar-refractivity contribution in [2.45, 2.75) is 64.2 Å². The molecule has 1 atom stereocenters. The molecule has 6 nitrogen and oxygen atoms in total. The number of benzene rings is 1. The van der Waals surface area contributed by atoms with Crippen LogP contribution in [0.4, 0.5) is 9.39 Å². The highest BCUT2D eigenvalue weighted by Gasteiger charge is 2.42. The van der Waals surface area contributed by atoms with Gasteiger partial charge in [-0.3, -0.25) is 9.69 Å². The molecule has 3 aliphatic rings. The number of rotatable bonds is 4. The van der Waals surface area contributed by atoms with E-state index >= 15 is 0 Å². The van der Waals surface area contributed by atoms with Crippen LogP contribution in [0.1, 0.15) is 77.7 Å². The number of carbonyl (C=O) groups excluding carboxylic acids is 2. The van der Waals surface area contributed by atoms with E-state index in [2.05, 4.69) is 6.07 Å². The molecular weight excluding hydrogens is 477 g/mol. The van der Waals surface area contributed by atoms with E-state index in [9.17, 15) is 19.2 Å². The number of aryl methyl sites for hydroxylation is 1. The molecule has 1 aliphatic heterocycles. The molecule has 2 aliphatic carbocycles. The van der Waals surface area contributed by atoms with Crippen LogP contribution in [0, 0.1) is 17.1 Å². The molecule has 2 N–H and O–H groups in total. The molecule has 2 heterocycles. The third-order valence-electron chi connectivity index (χ3n) is 7.20. The van der Waals surface area contributed by atoms with Crippen LogP contribution in [0.25, 0.3) is 0 Å². The van der Waals surface area contributed by atoms with E-state index in [1.165, 1.54) is 23.5 Å². The minimum absolute atomic E-state index is 0.0494. The van der Waals surface area contributed by atoms with Gasteiger partial charge in [-0.25, -0.2) is 9.18 Å². The molecule has 5 rings (SSSR count). The molecule has 0 radical (unpaired) electrons. The average Bonchev–Trinajstić information content (AvgIpc) is 3.06. The topological polar surface area (TPSA) is 96.4 Å². The van der Waals surface area contributed by atoms with Gasteiger partial charge >= 0.3 is 5.97 Å². The van der Waals surface area contributed by atoms with E-state index in [-0.39, 0.29) is 23.8 Å². The maximum Gasteiger partial charge on any atom is 0.341 e. The molecule has 0 amide bonds. The highest BCUT2D eigenvalue weighted by atomic mass is 32.1. The lowest BCUT2D eigenvalue weighted by Crippen LogP contribution is -2.39. The van der Waals surface area contributed by atoms with E-state index in [1.807, 2.05) is 0 Å². The van der Waals surface area contributed by atoms with Crippen molar-refractivity contribution in [1.82, 2.24) is 0 Å². The Balaban J connectivity index is 1.75. The number of thiophene rings is 1. The van der Waals surface area contributed by atoms with Crippen LogP contribution in [0.15, 0.2) is 46.9 Å². The molecule has 186 valence electrons. The number of fused-ring (bicyclic) bond motifs is 1. The first kappa shape index (κ1) is 24.3. The Labute approximate surface area is 213 Å². The lowest BCUT2D eigenvalue weighted by Gasteiger charge is -2.39. The molecular formula is C28H28FN3O3S. The summed E-state index contributed by atoms with van der Waals surface area (Å²) in [5.74, 6) is -1.30. The number of anilines is 1. The van der Waals surface area contributed by atoms with Crippen LogP contribution in [-0.2, 0) is 22.4 Å². The molecule has 0 fully saturated rings. The zero-order valence-electron chi connectivity index (χ0n) is 20.2. The fourth-order valence-electron chi connectivity index (χ4n) is 5.61. The van der Waals surface area contributed by atoms with Gasteiger partial charge in [0, 0.05) is 22.6 Å². The van der Waals surface area contributed by atoms with Crippen LogP contribution >= 0.6 is 11.3 Å². The quantitative estimate of drug-likeness (QED) is 0.427. The third kappa shape index (κ3) is 4.01. The molecule has 36 heavy (non-hydrogen) atoms. The minimum atomic E-state index is -0.668. The second-order valence-corrected chi connectivity index (χ2v) is 10.4. The summed E-state index contributed by atoms with van der Waals surface area (Å²) in [7, 11) is 0. The molecule has 0 saturated carbocycles. The van der Waals surface area contributed by atoms with Gasteiger partial charge in [0.2, 0.25) is 0 Å². The van der Waals surface area contributed by atoms with Gasteiger partial charge in [-0.1, -0.05) is 18.6 Å². The number of nitrogens with two attached hydrogens (primary N) is 1. The molecule has 2 aromatic rings. The van der Waals surface area contributed by atoms with Gasteiger partial charge in [0.15, 0.2) is 5.78 Å². The Hall–Kier alpha value is -3.44. The highest BCUT2D eigenvalue weighted by molar-refractivity contribution is 7.16. The van der Waals surface area contributed by atoms with Crippen molar-refractivity contribution in [1.29, 1.82) is 5.26 Å². The lowest BCUT2D eigenvalue weighted by molar-refractivity contribution is -0.116. The van der Waals surface area contributed by atoms with Gasteiger partial charge in [-0.15, -0.1) is 11.3 Å². The first-order valence-electron chi connectivity index (χ1n) is 12.5. The Morgan fingerprint density at radius 3 is 2.64 bits per heavy atom. The molecule has 1 aromatic heterocycles. The van der Waals surface area contributed by atoms with E-state index in [0.717, 1.165) is 48.2 Å². The summed E-state index contributed by atoms with van der Waals surface area (Å²) in [5, 5.41) is 10.9. The van der Waals surface area contributed by atoms with Crippen molar-refractivity contribution in [2.24, 2.45) is 5.73 Å². The number of esters is 1. The van der Waals surface area contributed by atoms with Gasteiger partial charge in [0.05, 0.1) is 29.7 Å². The smallest absolute Gasteiger partial charge is 0.341 e. The number of ether oxygens (including phenoxy) is 1. The summed E-state index contributed by atoms with van der Waals surface area (Å²) in [4.78, 5) is 29.6. The maximum atomic E-state index is 13.7. The van der Waals surface area contributed by atoms with Crippen LogP contribution in [0.2, 0.25) is 0 Å². The van der Waals surface area contributed by atoms with E-state index < -0.39 is 17.7 Å². The van der Waals surface area contributed by atoms with E-state index in [0.29, 0.717) is 41.0 Å². The number of carbonyl (C=O) groups is 2. The SMILES string of the molecule is CCOC(=O)c1c(N2C(N)=C(C#N)[C@@H](c3ccc(F)cc3)C3=C2CCCC3=O)sc2c1CCCCC2. The Morgan fingerprint density at radius 1 is 1.17 bits per heavy atom. The van der Waals surface area contributed by atoms with Gasteiger partial charge in [-0.2, -0.15) is 5.26 Å². The molecule has 0 saturated heterocycles. The summed E-state index contributed by atoms with van der Waals surface area (Å²) in [6, 6.07) is 8.10. The number of nitriles is 1. The first-order valence-corrected chi connectivity index (χ1v) is 13.3. The van der Waals surface area contributed by atoms with Gasteiger partial charge in [0.1, 0.15) is 16.6 Å². The minimum Gasteiger partial charge on any atom is -0.462 e. The Morgan fingerprint density at radius 2 is 1.92 bits per heavy atom. The Bertz CT molecular complexity index is 1330. The molecule has 0 unspecified atom stereocenters. The fourth-order valence-corrected chi connectivity index (χ4v) is 7.02. The van der Waals surface area contributed by atoms with Crippen molar-refractivity contribution in [2.75, 3.05) is 11.5 Å². The fraction of sp³-hybridized carbons (Fsp3) is 0.393. The number of allylic oxidation sites excluding steroid dienone is 3. The second-order valence-electron chi connectivity index (χ2n) is 9.33. The van der Waals surface area contributed by atoms with Crippen molar-refractivity contribution in [3.8, 4) is 6.07 Å².